The molecule has 0 amide bonds. The van der Waals surface area contributed by atoms with Crippen LogP contribution in [-0.2, 0) is 4.79 Å². The van der Waals surface area contributed by atoms with Gasteiger partial charge in [-0.1, -0.05) is 11.6 Å². The van der Waals surface area contributed by atoms with Gasteiger partial charge in [-0.2, -0.15) is 0 Å². The summed E-state index contributed by atoms with van der Waals surface area (Å²) in [5.74, 6) is -0.588. The SMILES string of the molecule is CC(=O)On1c(=O)cnc2ccc(Cl)cc21. The molecule has 6 heteroatoms. The van der Waals surface area contributed by atoms with Crippen LogP contribution in [0.4, 0.5) is 0 Å². The van der Waals surface area contributed by atoms with Gasteiger partial charge in [-0.15, -0.1) is 4.73 Å². The zero-order chi connectivity index (χ0) is 11.7. The van der Waals surface area contributed by atoms with Crippen LogP contribution in [0, 0.1) is 0 Å². The first kappa shape index (κ1) is 10.6. The van der Waals surface area contributed by atoms with Gasteiger partial charge >= 0.3 is 11.5 Å². The largest absolute Gasteiger partial charge is 0.333 e. The Bertz CT molecular complexity index is 621. The highest BCUT2D eigenvalue weighted by atomic mass is 35.5. The molecule has 2 rings (SSSR count). The van der Waals surface area contributed by atoms with Gasteiger partial charge in [0.05, 0.1) is 11.7 Å². The van der Waals surface area contributed by atoms with Gasteiger partial charge in [0.2, 0.25) is 0 Å². The molecular formula is C10H7ClN2O3. The van der Waals surface area contributed by atoms with Gasteiger partial charge in [0.25, 0.3) is 0 Å². The lowest BCUT2D eigenvalue weighted by molar-refractivity contribution is -0.141. The second kappa shape index (κ2) is 3.94. The van der Waals surface area contributed by atoms with E-state index >= 15 is 0 Å². The molecule has 16 heavy (non-hydrogen) atoms. The first-order valence-corrected chi connectivity index (χ1v) is 4.82. The summed E-state index contributed by atoms with van der Waals surface area (Å²) in [6.45, 7) is 1.21. The minimum Gasteiger partial charge on any atom is -0.333 e. The average Bonchev–Trinajstić information content (AvgIpc) is 2.22. The predicted molar refractivity (Wildman–Crippen MR) is 58.3 cm³/mol. The van der Waals surface area contributed by atoms with Crippen LogP contribution in [0.5, 0.6) is 0 Å². The molecule has 0 bridgehead atoms. The molecule has 0 spiro atoms. The minimum atomic E-state index is -0.588. The first-order valence-electron chi connectivity index (χ1n) is 4.44. The molecule has 1 aromatic carbocycles. The number of carbonyl (C=O) groups is 1. The molecule has 82 valence electrons. The second-order valence-electron chi connectivity index (χ2n) is 3.11. The fourth-order valence-electron chi connectivity index (χ4n) is 1.29. The summed E-state index contributed by atoms with van der Waals surface area (Å²) in [6.07, 6.45) is 1.08. The van der Waals surface area contributed by atoms with E-state index in [1.807, 2.05) is 0 Å². The summed E-state index contributed by atoms with van der Waals surface area (Å²) in [5.41, 5.74) is 0.352. The van der Waals surface area contributed by atoms with E-state index < -0.39 is 11.5 Å². The van der Waals surface area contributed by atoms with Crippen LogP contribution >= 0.6 is 11.6 Å². The predicted octanol–water partition coefficient (Wildman–Crippen LogP) is 1.02. The molecule has 0 unspecified atom stereocenters. The van der Waals surface area contributed by atoms with Crippen molar-refractivity contribution in [1.82, 2.24) is 9.71 Å². The maximum absolute atomic E-state index is 11.5. The monoisotopic (exact) mass is 238 g/mol. The van der Waals surface area contributed by atoms with E-state index in [2.05, 4.69) is 4.98 Å². The zero-order valence-corrected chi connectivity index (χ0v) is 9.06. The Morgan fingerprint density at radius 2 is 2.25 bits per heavy atom. The summed E-state index contributed by atoms with van der Waals surface area (Å²) < 4.78 is 0.872. The van der Waals surface area contributed by atoms with Gasteiger partial charge in [-0.25, -0.2) is 9.78 Å². The van der Waals surface area contributed by atoms with Crippen LogP contribution in [0.15, 0.2) is 29.2 Å². The third kappa shape index (κ3) is 1.90. The van der Waals surface area contributed by atoms with Gasteiger partial charge in [-0.3, -0.25) is 4.79 Å². The van der Waals surface area contributed by atoms with Crippen LogP contribution in [0.1, 0.15) is 6.92 Å². The lowest BCUT2D eigenvalue weighted by Crippen LogP contribution is -2.29. The van der Waals surface area contributed by atoms with Gasteiger partial charge in [-0.05, 0) is 18.2 Å². The fraction of sp³-hybridized carbons (Fsp3) is 0.100. The molecular weight excluding hydrogens is 232 g/mol. The molecule has 0 aliphatic heterocycles. The Balaban J connectivity index is 2.77. The molecule has 1 heterocycles. The summed E-state index contributed by atoms with van der Waals surface area (Å²) in [4.78, 5) is 31.0. The molecule has 0 aliphatic carbocycles. The summed E-state index contributed by atoms with van der Waals surface area (Å²) in [6, 6.07) is 4.78. The maximum Gasteiger partial charge on any atom is 0.330 e. The molecule has 0 N–H and O–H groups in total. The Labute approximate surface area is 95.2 Å². The molecule has 0 atom stereocenters. The second-order valence-corrected chi connectivity index (χ2v) is 3.54. The van der Waals surface area contributed by atoms with Crippen LogP contribution in [0.3, 0.4) is 0 Å². The lowest BCUT2D eigenvalue weighted by Gasteiger charge is -2.07. The Morgan fingerprint density at radius 1 is 1.50 bits per heavy atom. The number of halogens is 1. The molecule has 0 saturated carbocycles. The number of aromatic nitrogens is 2. The van der Waals surface area contributed by atoms with Crippen LogP contribution in [0.25, 0.3) is 11.0 Å². The first-order chi connectivity index (χ1) is 7.58. The fourth-order valence-corrected chi connectivity index (χ4v) is 1.45. The number of fused-ring (bicyclic) bond motifs is 1. The van der Waals surface area contributed by atoms with Gasteiger partial charge < -0.3 is 4.84 Å². The number of hydrogen-bond acceptors (Lipinski definition) is 4. The van der Waals surface area contributed by atoms with E-state index in [0.29, 0.717) is 16.1 Å². The third-order valence-corrected chi connectivity index (χ3v) is 2.13. The highest BCUT2D eigenvalue weighted by Crippen LogP contribution is 2.15. The average molecular weight is 239 g/mol. The van der Waals surface area contributed by atoms with E-state index in [1.165, 1.54) is 13.0 Å². The standard InChI is InChI=1S/C10H7ClN2O3/c1-6(14)16-13-9-4-7(11)2-3-8(9)12-5-10(13)15/h2-5H,1H3. The number of carbonyl (C=O) groups excluding carboxylic acids is 1. The zero-order valence-electron chi connectivity index (χ0n) is 8.31. The smallest absolute Gasteiger partial charge is 0.330 e. The third-order valence-electron chi connectivity index (χ3n) is 1.89. The molecule has 0 radical (unpaired) electrons. The van der Waals surface area contributed by atoms with Crippen molar-refractivity contribution in [2.24, 2.45) is 0 Å². The molecule has 0 saturated heterocycles. The van der Waals surface area contributed by atoms with Crippen molar-refractivity contribution in [3.8, 4) is 0 Å². The number of rotatable bonds is 1. The molecule has 5 nitrogen and oxygen atoms in total. The maximum atomic E-state index is 11.5. The molecule has 0 aliphatic rings. The van der Waals surface area contributed by atoms with Crippen molar-refractivity contribution >= 4 is 28.6 Å². The highest BCUT2D eigenvalue weighted by molar-refractivity contribution is 6.31. The Hall–Kier alpha value is -1.88. The molecule has 1 aromatic heterocycles. The lowest BCUT2D eigenvalue weighted by atomic mass is 10.3. The van der Waals surface area contributed by atoms with Gasteiger partial charge in [0, 0.05) is 11.9 Å². The van der Waals surface area contributed by atoms with E-state index in [4.69, 9.17) is 16.4 Å². The van der Waals surface area contributed by atoms with Crippen molar-refractivity contribution in [3.63, 3.8) is 0 Å². The van der Waals surface area contributed by atoms with Crippen LogP contribution in [0.2, 0.25) is 5.02 Å². The van der Waals surface area contributed by atoms with Crippen molar-refractivity contribution in [2.75, 3.05) is 0 Å². The van der Waals surface area contributed by atoms with Crippen molar-refractivity contribution in [3.05, 3.63) is 39.8 Å². The normalized spacial score (nSPS) is 10.4. The number of nitrogens with zero attached hydrogens (tertiary/aromatic N) is 2. The van der Waals surface area contributed by atoms with Crippen LogP contribution < -0.4 is 10.4 Å². The van der Waals surface area contributed by atoms with E-state index in [9.17, 15) is 9.59 Å². The van der Waals surface area contributed by atoms with Gasteiger partial charge in [0.1, 0.15) is 5.52 Å². The minimum absolute atomic E-state index is 0.357. The topological polar surface area (TPSA) is 61.2 Å². The molecule has 0 fully saturated rings. The van der Waals surface area contributed by atoms with Crippen molar-refractivity contribution in [2.45, 2.75) is 6.92 Å². The number of benzene rings is 1. The Kier molecular flexibility index (Phi) is 2.62. The summed E-state index contributed by atoms with van der Waals surface area (Å²) in [5, 5.41) is 0.431. The van der Waals surface area contributed by atoms with Crippen molar-refractivity contribution in [1.29, 1.82) is 0 Å². The highest BCUT2D eigenvalue weighted by Gasteiger charge is 2.07. The molecule has 2 aromatic rings. The van der Waals surface area contributed by atoms with E-state index in [1.54, 1.807) is 12.1 Å². The van der Waals surface area contributed by atoms with Crippen molar-refractivity contribution < 1.29 is 9.63 Å². The Morgan fingerprint density at radius 3 is 2.94 bits per heavy atom. The number of hydrogen-bond donors (Lipinski definition) is 0. The van der Waals surface area contributed by atoms with E-state index in [0.717, 1.165) is 10.9 Å². The quantitative estimate of drug-likeness (QED) is 0.744. The van der Waals surface area contributed by atoms with Crippen LogP contribution in [-0.4, -0.2) is 15.7 Å². The summed E-state index contributed by atoms with van der Waals surface area (Å²) in [7, 11) is 0. The summed E-state index contributed by atoms with van der Waals surface area (Å²) >= 11 is 5.80. The van der Waals surface area contributed by atoms with E-state index in [-0.39, 0.29) is 0 Å². The van der Waals surface area contributed by atoms with Gasteiger partial charge in [0.15, 0.2) is 0 Å².